The molecule has 1 aromatic heterocycles. The fourth-order valence-electron chi connectivity index (χ4n) is 3.14. The molecule has 144 valence electrons. The maximum Gasteiger partial charge on any atom is 0.338 e. The summed E-state index contributed by atoms with van der Waals surface area (Å²) < 4.78 is 7.25. The number of nitrogens with zero attached hydrogens (tertiary/aromatic N) is 1. The molecule has 2 aromatic carbocycles. The molecule has 1 N–H and O–H groups in total. The van der Waals surface area contributed by atoms with Crippen LogP contribution in [-0.2, 0) is 9.53 Å². The van der Waals surface area contributed by atoms with E-state index in [0.717, 1.165) is 22.6 Å². The predicted octanol–water partition coefficient (Wildman–Crippen LogP) is 4.13. The molecule has 0 spiro atoms. The fourth-order valence-corrected chi connectivity index (χ4v) is 3.14. The van der Waals surface area contributed by atoms with Crippen LogP contribution in [0.5, 0.6) is 0 Å². The average molecular weight is 376 g/mol. The maximum absolute atomic E-state index is 12.2. The molecular weight excluding hydrogens is 352 g/mol. The van der Waals surface area contributed by atoms with Gasteiger partial charge < -0.3 is 14.6 Å². The van der Waals surface area contributed by atoms with Crippen molar-refractivity contribution in [1.82, 2.24) is 9.88 Å². The van der Waals surface area contributed by atoms with E-state index in [1.165, 1.54) is 0 Å². The molecule has 0 aliphatic carbocycles. The van der Waals surface area contributed by atoms with E-state index in [9.17, 15) is 9.59 Å². The van der Waals surface area contributed by atoms with E-state index in [-0.39, 0.29) is 18.6 Å². The third-order valence-electron chi connectivity index (χ3n) is 4.64. The van der Waals surface area contributed by atoms with E-state index in [4.69, 9.17) is 4.74 Å². The van der Waals surface area contributed by atoms with Crippen LogP contribution < -0.4 is 5.32 Å². The number of aryl methyl sites for hydroxylation is 2. The zero-order valence-electron chi connectivity index (χ0n) is 16.3. The summed E-state index contributed by atoms with van der Waals surface area (Å²) in [5.41, 5.74) is 4.63. The first-order valence-corrected chi connectivity index (χ1v) is 9.22. The molecule has 1 atom stereocenters. The highest BCUT2D eigenvalue weighted by molar-refractivity contribution is 5.91. The zero-order chi connectivity index (χ0) is 20.1. The number of hydrogen-bond acceptors (Lipinski definition) is 3. The average Bonchev–Trinajstić information content (AvgIpc) is 3.05. The highest BCUT2D eigenvalue weighted by atomic mass is 16.5. The first-order valence-electron chi connectivity index (χ1n) is 9.22. The number of carbonyl (C=O) groups is 2. The largest absolute Gasteiger partial charge is 0.452 e. The topological polar surface area (TPSA) is 60.3 Å². The Morgan fingerprint density at radius 1 is 0.929 bits per heavy atom. The van der Waals surface area contributed by atoms with Crippen LogP contribution in [0.15, 0.2) is 66.7 Å². The lowest BCUT2D eigenvalue weighted by Crippen LogP contribution is -2.31. The van der Waals surface area contributed by atoms with E-state index in [1.807, 2.05) is 75.4 Å². The van der Waals surface area contributed by atoms with E-state index >= 15 is 0 Å². The molecule has 3 aromatic rings. The summed E-state index contributed by atoms with van der Waals surface area (Å²) in [6.45, 7) is 5.64. The molecule has 5 nitrogen and oxygen atoms in total. The maximum atomic E-state index is 12.2. The minimum atomic E-state index is -0.519. The van der Waals surface area contributed by atoms with E-state index in [2.05, 4.69) is 9.88 Å². The van der Waals surface area contributed by atoms with Crippen molar-refractivity contribution >= 4 is 11.9 Å². The Morgan fingerprint density at radius 3 is 2.14 bits per heavy atom. The van der Waals surface area contributed by atoms with Crippen molar-refractivity contribution in [2.24, 2.45) is 0 Å². The second kappa shape index (κ2) is 8.57. The standard InChI is InChI=1S/C23H24N2O3/c1-16-9-10-17(2)25(16)21-13-11-20(12-14-21)23(27)28-15-22(26)24-18(3)19-7-5-4-6-8-19/h4-14,18H,15H2,1-3H3,(H,24,26)/t18-/m0/s1. The number of hydrogen-bond donors (Lipinski definition) is 1. The van der Waals surface area contributed by atoms with Crippen molar-refractivity contribution in [1.29, 1.82) is 0 Å². The number of ether oxygens (including phenoxy) is 1. The first kappa shape index (κ1) is 19.4. The third-order valence-corrected chi connectivity index (χ3v) is 4.64. The quantitative estimate of drug-likeness (QED) is 0.658. The van der Waals surface area contributed by atoms with Crippen LogP contribution in [0.1, 0.15) is 40.3 Å². The van der Waals surface area contributed by atoms with E-state index in [1.54, 1.807) is 12.1 Å². The van der Waals surface area contributed by atoms with Gasteiger partial charge in [-0.1, -0.05) is 30.3 Å². The van der Waals surface area contributed by atoms with Crippen LogP contribution in [0, 0.1) is 13.8 Å². The van der Waals surface area contributed by atoms with Crippen LogP contribution in [0.2, 0.25) is 0 Å². The van der Waals surface area contributed by atoms with Gasteiger partial charge in [0.25, 0.3) is 5.91 Å². The van der Waals surface area contributed by atoms with Crippen LogP contribution >= 0.6 is 0 Å². The predicted molar refractivity (Wildman–Crippen MR) is 109 cm³/mol. The number of rotatable bonds is 6. The van der Waals surface area contributed by atoms with Crippen molar-refractivity contribution in [3.63, 3.8) is 0 Å². The summed E-state index contributed by atoms with van der Waals surface area (Å²) in [6.07, 6.45) is 0. The Kier molecular flexibility index (Phi) is 5.94. The van der Waals surface area contributed by atoms with Gasteiger partial charge in [-0.2, -0.15) is 0 Å². The summed E-state index contributed by atoms with van der Waals surface area (Å²) in [7, 11) is 0. The Bertz CT molecular complexity index is 940. The molecule has 3 rings (SSSR count). The fraction of sp³-hybridized carbons (Fsp3) is 0.217. The second-order valence-electron chi connectivity index (χ2n) is 6.77. The molecule has 28 heavy (non-hydrogen) atoms. The first-order chi connectivity index (χ1) is 13.5. The highest BCUT2D eigenvalue weighted by Crippen LogP contribution is 2.17. The summed E-state index contributed by atoms with van der Waals surface area (Å²) >= 11 is 0. The minimum absolute atomic E-state index is 0.153. The molecule has 0 aliphatic heterocycles. The van der Waals surface area contributed by atoms with Crippen LogP contribution in [0.25, 0.3) is 5.69 Å². The smallest absolute Gasteiger partial charge is 0.338 e. The number of esters is 1. The van der Waals surface area contributed by atoms with Crippen LogP contribution in [-0.4, -0.2) is 23.1 Å². The van der Waals surface area contributed by atoms with Crippen molar-refractivity contribution in [3.05, 3.63) is 89.2 Å². The summed E-state index contributed by atoms with van der Waals surface area (Å²) in [4.78, 5) is 24.3. The highest BCUT2D eigenvalue weighted by Gasteiger charge is 2.13. The molecule has 5 heteroatoms. The van der Waals surface area contributed by atoms with Gasteiger partial charge in [-0.25, -0.2) is 4.79 Å². The molecule has 1 heterocycles. The Labute approximate surface area is 165 Å². The molecule has 0 bridgehead atoms. The Balaban J connectivity index is 1.55. The normalized spacial score (nSPS) is 11.7. The van der Waals surface area contributed by atoms with Gasteiger partial charge in [-0.3, -0.25) is 4.79 Å². The molecule has 0 aliphatic rings. The van der Waals surface area contributed by atoms with Gasteiger partial charge in [0.05, 0.1) is 11.6 Å². The number of amides is 1. The van der Waals surface area contributed by atoms with Gasteiger partial charge in [0.15, 0.2) is 6.61 Å². The third kappa shape index (κ3) is 4.49. The van der Waals surface area contributed by atoms with Gasteiger partial charge >= 0.3 is 5.97 Å². The summed E-state index contributed by atoms with van der Waals surface area (Å²) in [5, 5.41) is 2.82. The molecule has 0 unspecified atom stereocenters. The SMILES string of the molecule is Cc1ccc(C)n1-c1ccc(C(=O)OCC(=O)N[C@@H](C)c2ccccc2)cc1. The molecule has 1 amide bonds. The van der Waals surface area contributed by atoms with Gasteiger partial charge in [0.1, 0.15) is 0 Å². The van der Waals surface area contributed by atoms with Crippen molar-refractivity contribution in [2.45, 2.75) is 26.8 Å². The lowest BCUT2D eigenvalue weighted by molar-refractivity contribution is -0.124. The lowest BCUT2D eigenvalue weighted by atomic mass is 10.1. The number of benzene rings is 2. The molecule has 0 saturated heterocycles. The molecule has 0 saturated carbocycles. The Morgan fingerprint density at radius 2 is 1.54 bits per heavy atom. The van der Waals surface area contributed by atoms with Crippen molar-refractivity contribution in [3.8, 4) is 5.69 Å². The van der Waals surface area contributed by atoms with E-state index < -0.39 is 5.97 Å². The van der Waals surface area contributed by atoms with Crippen LogP contribution in [0.4, 0.5) is 0 Å². The van der Waals surface area contributed by atoms with Gasteiger partial charge in [0, 0.05) is 17.1 Å². The van der Waals surface area contributed by atoms with Gasteiger partial charge in [-0.15, -0.1) is 0 Å². The monoisotopic (exact) mass is 376 g/mol. The van der Waals surface area contributed by atoms with Crippen LogP contribution in [0.3, 0.4) is 0 Å². The lowest BCUT2D eigenvalue weighted by Gasteiger charge is -2.14. The number of nitrogens with one attached hydrogen (secondary N) is 1. The van der Waals surface area contributed by atoms with Crippen molar-refractivity contribution in [2.75, 3.05) is 6.61 Å². The summed E-state index contributed by atoms with van der Waals surface area (Å²) in [5.74, 6) is -0.852. The second-order valence-corrected chi connectivity index (χ2v) is 6.77. The zero-order valence-corrected chi connectivity index (χ0v) is 16.3. The minimum Gasteiger partial charge on any atom is -0.452 e. The molecule has 0 fully saturated rings. The van der Waals surface area contributed by atoms with Gasteiger partial charge in [-0.05, 0) is 62.7 Å². The van der Waals surface area contributed by atoms with E-state index in [0.29, 0.717) is 5.56 Å². The number of carbonyl (C=O) groups excluding carboxylic acids is 2. The summed E-state index contributed by atoms with van der Waals surface area (Å²) in [6, 6.07) is 20.7. The van der Waals surface area contributed by atoms with Gasteiger partial charge in [0.2, 0.25) is 0 Å². The number of aromatic nitrogens is 1. The van der Waals surface area contributed by atoms with Crippen molar-refractivity contribution < 1.29 is 14.3 Å². The molecular formula is C23H24N2O3. The molecule has 0 radical (unpaired) electrons. The Hall–Kier alpha value is -3.34.